The summed E-state index contributed by atoms with van der Waals surface area (Å²) in [5.74, 6) is 1.75. The minimum absolute atomic E-state index is 0.118. The number of nitrogens with zero attached hydrogens (tertiary/aromatic N) is 3. The summed E-state index contributed by atoms with van der Waals surface area (Å²) in [4.78, 5) is 43.1. The zero-order chi connectivity index (χ0) is 34.6. The molecule has 5 rings (SSSR count). The van der Waals surface area contributed by atoms with Crippen molar-refractivity contribution in [2.45, 2.75) is 105 Å². The van der Waals surface area contributed by atoms with Gasteiger partial charge in [0.15, 0.2) is 0 Å². The third-order valence-corrected chi connectivity index (χ3v) is 8.21. The van der Waals surface area contributed by atoms with E-state index in [0.717, 1.165) is 88.8 Å². The molecule has 0 radical (unpaired) electrons. The van der Waals surface area contributed by atoms with E-state index >= 15 is 0 Å². The molecule has 1 aliphatic rings. The summed E-state index contributed by atoms with van der Waals surface area (Å²) in [6, 6.07) is 16.9. The molecule has 256 valence electrons. The molecule has 0 aliphatic carbocycles. The largest absolute Gasteiger partial charge is 0.444 e. The van der Waals surface area contributed by atoms with Crippen LogP contribution < -0.4 is 5.32 Å². The molecule has 1 saturated heterocycles. The highest BCUT2D eigenvalue weighted by Crippen LogP contribution is 2.35. The number of aromatic amines is 2. The second-order valence-electron chi connectivity index (χ2n) is 14.6. The maximum absolute atomic E-state index is 12.8. The number of benzene rings is 2. The fourth-order valence-corrected chi connectivity index (χ4v) is 6.01. The van der Waals surface area contributed by atoms with Gasteiger partial charge in [0.25, 0.3) is 0 Å². The van der Waals surface area contributed by atoms with Crippen molar-refractivity contribution >= 4 is 12.2 Å². The number of nitrogens with one attached hydrogen (secondary N) is 3. The quantitative estimate of drug-likeness (QED) is 0.155. The predicted molar refractivity (Wildman–Crippen MR) is 189 cm³/mol. The first-order chi connectivity index (χ1) is 22.7. The number of rotatable bonds is 9. The van der Waals surface area contributed by atoms with Crippen LogP contribution in [0.1, 0.15) is 96.3 Å². The molecular formula is C38H50N6O4. The molecule has 2 aromatic heterocycles. The molecule has 2 aromatic carbocycles. The number of aryl methyl sites for hydroxylation is 3. The number of carbonyl (C=O) groups excluding carboxylic acids is 2. The van der Waals surface area contributed by atoms with Gasteiger partial charge in [-0.05, 0) is 97.8 Å². The highest BCUT2D eigenvalue weighted by Gasteiger charge is 2.35. The molecule has 2 amide bonds. The average Bonchev–Trinajstić information content (AvgIpc) is 3.74. The van der Waals surface area contributed by atoms with Crippen LogP contribution in [0, 0.1) is 13.8 Å². The van der Waals surface area contributed by atoms with Gasteiger partial charge >= 0.3 is 12.2 Å². The predicted octanol–water partition coefficient (Wildman–Crippen LogP) is 8.67. The molecule has 0 unspecified atom stereocenters. The molecule has 48 heavy (non-hydrogen) atoms. The SMILES string of the molecule is Cc1nc([C@@H]2CCCN2C(=O)OC(C)(C)C)[nH]c1-c1ccc(-c2ccc(-c3nc(CCCCNC(=O)OC(C)(C)C)[nH]c3C)cc2)cc1. The van der Waals surface area contributed by atoms with Crippen molar-refractivity contribution in [2.24, 2.45) is 0 Å². The number of hydrogen-bond acceptors (Lipinski definition) is 6. The maximum atomic E-state index is 12.8. The van der Waals surface area contributed by atoms with Crippen LogP contribution in [0.2, 0.25) is 0 Å². The van der Waals surface area contributed by atoms with Crippen molar-refractivity contribution in [3.05, 3.63) is 71.6 Å². The second kappa shape index (κ2) is 14.3. The maximum Gasteiger partial charge on any atom is 0.410 e. The van der Waals surface area contributed by atoms with E-state index in [1.54, 1.807) is 4.90 Å². The normalized spacial score (nSPS) is 15.1. The van der Waals surface area contributed by atoms with Crippen LogP contribution in [0.5, 0.6) is 0 Å². The highest BCUT2D eigenvalue weighted by atomic mass is 16.6. The van der Waals surface area contributed by atoms with E-state index in [4.69, 9.17) is 19.4 Å². The van der Waals surface area contributed by atoms with Crippen LogP contribution in [-0.4, -0.2) is 61.3 Å². The number of amides is 2. The zero-order valence-corrected chi connectivity index (χ0v) is 29.6. The lowest BCUT2D eigenvalue weighted by Crippen LogP contribution is -2.36. The minimum atomic E-state index is -0.538. The lowest BCUT2D eigenvalue weighted by atomic mass is 10.0. The van der Waals surface area contributed by atoms with E-state index in [-0.39, 0.29) is 18.2 Å². The number of H-pyrrole nitrogens is 2. The van der Waals surface area contributed by atoms with Gasteiger partial charge in [0.05, 0.1) is 23.1 Å². The Hall–Kier alpha value is -4.60. The summed E-state index contributed by atoms with van der Waals surface area (Å²) in [6.07, 6.45) is 3.66. The Kier molecular flexibility index (Phi) is 10.3. The van der Waals surface area contributed by atoms with Crippen molar-refractivity contribution in [3.8, 4) is 33.6 Å². The van der Waals surface area contributed by atoms with Gasteiger partial charge in [-0.1, -0.05) is 48.5 Å². The molecule has 3 heterocycles. The van der Waals surface area contributed by atoms with Crippen LogP contribution >= 0.6 is 0 Å². The topological polar surface area (TPSA) is 125 Å². The number of imidazole rings is 2. The fourth-order valence-electron chi connectivity index (χ4n) is 6.01. The van der Waals surface area contributed by atoms with Crippen LogP contribution in [0.25, 0.3) is 33.6 Å². The van der Waals surface area contributed by atoms with Crippen molar-refractivity contribution in [2.75, 3.05) is 13.1 Å². The number of ether oxygens (including phenoxy) is 2. The van der Waals surface area contributed by atoms with E-state index in [0.29, 0.717) is 13.1 Å². The zero-order valence-electron chi connectivity index (χ0n) is 29.6. The van der Waals surface area contributed by atoms with Gasteiger partial charge in [-0.25, -0.2) is 19.6 Å². The van der Waals surface area contributed by atoms with E-state index < -0.39 is 11.2 Å². The minimum Gasteiger partial charge on any atom is -0.444 e. The number of carbonyl (C=O) groups is 2. The number of aromatic nitrogens is 4. The first-order valence-electron chi connectivity index (χ1n) is 17.0. The van der Waals surface area contributed by atoms with Gasteiger partial charge in [-0.2, -0.15) is 0 Å². The molecule has 0 spiro atoms. The molecule has 0 bridgehead atoms. The summed E-state index contributed by atoms with van der Waals surface area (Å²) in [5.41, 5.74) is 7.19. The van der Waals surface area contributed by atoms with E-state index in [2.05, 4.69) is 63.8 Å². The molecule has 1 atom stereocenters. The number of hydrogen-bond donors (Lipinski definition) is 3. The van der Waals surface area contributed by atoms with Crippen molar-refractivity contribution in [1.29, 1.82) is 0 Å². The Morgan fingerprint density at radius 2 is 1.44 bits per heavy atom. The summed E-state index contributed by atoms with van der Waals surface area (Å²) in [7, 11) is 0. The fraction of sp³-hybridized carbons (Fsp3) is 0.474. The Balaban J connectivity index is 1.19. The molecule has 1 fully saturated rings. The summed E-state index contributed by atoms with van der Waals surface area (Å²) >= 11 is 0. The first kappa shape index (κ1) is 34.7. The molecule has 10 heteroatoms. The smallest absolute Gasteiger partial charge is 0.410 e. The molecule has 10 nitrogen and oxygen atoms in total. The summed E-state index contributed by atoms with van der Waals surface area (Å²) in [5, 5.41) is 2.81. The Morgan fingerprint density at radius 1 is 0.833 bits per heavy atom. The average molecular weight is 655 g/mol. The van der Waals surface area contributed by atoms with Gasteiger partial charge in [0.1, 0.15) is 22.9 Å². The van der Waals surface area contributed by atoms with Gasteiger partial charge in [0, 0.05) is 30.8 Å². The van der Waals surface area contributed by atoms with Crippen LogP contribution in [-0.2, 0) is 15.9 Å². The third kappa shape index (κ3) is 8.85. The second-order valence-corrected chi connectivity index (χ2v) is 14.6. The molecule has 1 aliphatic heterocycles. The van der Waals surface area contributed by atoms with Crippen LogP contribution in [0.3, 0.4) is 0 Å². The Morgan fingerprint density at radius 3 is 2.06 bits per heavy atom. The van der Waals surface area contributed by atoms with E-state index in [1.165, 1.54) is 0 Å². The number of unbranched alkanes of at least 4 members (excludes halogenated alkanes) is 1. The van der Waals surface area contributed by atoms with E-state index in [9.17, 15) is 9.59 Å². The molecule has 4 aromatic rings. The summed E-state index contributed by atoms with van der Waals surface area (Å²) < 4.78 is 10.9. The Bertz CT molecular complexity index is 1710. The van der Waals surface area contributed by atoms with Crippen molar-refractivity contribution in [3.63, 3.8) is 0 Å². The standard InChI is InChI=1S/C38H50N6O4/c1-24-32(42-31(40-24)13-9-10-22-39-35(45)47-37(3,4)5)28-18-14-26(15-19-28)27-16-20-29(21-17-27)33-25(2)41-34(43-33)30-12-11-23-44(30)36(46)48-38(6,7)8/h14-21,30H,9-13,22-23H2,1-8H3,(H,39,45)(H,40,42)(H,41,43)/t30-/m0/s1. The van der Waals surface area contributed by atoms with Gasteiger partial charge < -0.3 is 24.8 Å². The van der Waals surface area contributed by atoms with Gasteiger partial charge in [0.2, 0.25) is 0 Å². The summed E-state index contributed by atoms with van der Waals surface area (Å²) in [6.45, 7) is 16.5. The molecule has 0 saturated carbocycles. The van der Waals surface area contributed by atoms with Crippen LogP contribution in [0.4, 0.5) is 9.59 Å². The van der Waals surface area contributed by atoms with Crippen LogP contribution in [0.15, 0.2) is 48.5 Å². The monoisotopic (exact) mass is 654 g/mol. The van der Waals surface area contributed by atoms with Crippen molar-refractivity contribution in [1.82, 2.24) is 30.2 Å². The van der Waals surface area contributed by atoms with Crippen molar-refractivity contribution < 1.29 is 19.1 Å². The van der Waals surface area contributed by atoms with Gasteiger partial charge in [-0.3, -0.25) is 4.90 Å². The third-order valence-electron chi connectivity index (χ3n) is 8.21. The highest BCUT2D eigenvalue weighted by molar-refractivity contribution is 5.73. The molecule has 3 N–H and O–H groups in total. The van der Waals surface area contributed by atoms with Gasteiger partial charge in [-0.15, -0.1) is 0 Å². The lowest BCUT2D eigenvalue weighted by Gasteiger charge is -2.27. The first-order valence-corrected chi connectivity index (χ1v) is 17.0. The lowest BCUT2D eigenvalue weighted by molar-refractivity contribution is 0.0218. The number of likely N-dealkylation sites (tertiary alicyclic amines) is 1. The number of alkyl carbamates (subject to hydrolysis) is 1. The molecular weight excluding hydrogens is 604 g/mol. The van der Waals surface area contributed by atoms with E-state index in [1.807, 2.05) is 55.4 Å². The Labute approximate surface area is 284 Å².